The molecule has 1 aliphatic heterocycles. The van der Waals surface area contributed by atoms with Crippen LogP contribution in [0.3, 0.4) is 0 Å². The minimum Gasteiger partial charge on any atom is -0.352 e. The van der Waals surface area contributed by atoms with Crippen molar-refractivity contribution in [2.45, 2.75) is 30.3 Å². The van der Waals surface area contributed by atoms with Gasteiger partial charge >= 0.3 is 0 Å². The van der Waals surface area contributed by atoms with Gasteiger partial charge in [-0.15, -0.1) is 0 Å². The maximum atomic E-state index is 12.0. The molecule has 1 aromatic rings. The Morgan fingerprint density at radius 1 is 1.20 bits per heavy atom. The van der Waals surface area contributed by atoms with Gasteiger partial charge in [0.1, 0.15) is 6.10 Å². The van der Waals surface area contributed by atoms with Gasteiger partial charge in [0.05, 0.1) is 4.90 Å². The summed E-state index contributed by atoms with van der Waals surface area (Å²) in [6.07, 6.45) is -0.143. The number of rotatable bonds is 3. The minimum atomic E-state index is -3.28. The predicted molar refractivity (Wildman–Crippen MR) is 57.1 cm³/mol. The van der Waals surface area contributed by atoms with Gasteiger partial charge in [-0.1, -0.05) is 32.0 Å². The Morgan fingerprint density at radius 2 is 1.80 bits per heavy atom. The molecule has 3 nitrogen and oxygen atoms in total. The molecule has 1 saturated heterocycles. The summed E-state index contributed by atoms with van der Waals surface area (Å²) in [5.41, 5.74) is -0.639. The Hall–Kier alpha value is -0.870. The van der Waals surface area contributed by atoms with Gasteiger partial charge in [-0.2, -0.15) is 0 Å². The second-order valence-corrected chi connectivity index (χ2v) is 6.10. The lowest BCUT2D eigenvalue weighted by atomic mass is 10.2. The van der Waals surface area contributed by atoms with E-state index >= 15 is 0 Å². The molecule has 2 rings (SSSR count). The third kappa shape index (κ3) is 1.92. The molecule has 82 valence electrons. The molecule has 0 amide bonds. The topological polar surface area (TPSA) is 46.7 Å². The monoisotopic (exact) mass is 226 g/mol. The first-order valence-corrected chi connectivity index (χ1v) is 6.52. The van der Waals surface area contributed by atoms with Gasteiger partial charge in [-0.25, -0.2) is 8.42 Å². The van der Waals surface area contributed by atoms with Crippen LogP contribution in [0.1, 0.15) is 13.8 Å². The van der Waals surface area contributed by atoms with Gasteiger partial charge in [-0.3, -0.25) is 0 Å². The smallest absolute Gasteiger partial charge is 0.207 e. The fraction of sp³-hybridized carbons (Fsp3) is 0.455. The summed E-state index contributed by atoms with van der Waals surface area (Å²) in [7, 11) is -3.28. The highest BCUT2D eigenvalue weighted by molar-refractivity contribution is 7.92. The van der Waals surface area contributed by atoms with Crippen LogP contribution in [0, 0.1) is 5.92 Å². The van der Waals surface area contributed by atoms with Crippen LogP contribution in [0.5, 0.6) is 0 Å². The molecule has 2 atom stereocenters. The van der Waals surface area contributed by atoms with Gasteiger partial charge in [-0.05, 0) is 18.1 Å². The Balaban J connectivity index is 2.24. The third-order valence-corrected chi connectivity index (χ3v) is 4.44. The second-order valence-electron chi connectivity index (χ2n) is 4.07. The summed E-state index contributed by atoms with van der Waals surface area (Å²) in [5.74, 6) is 0.244. The summed E-state index contributed by atoms with van der Waals surface area (Å²) in [6.45, 7) is 3.93. The summed E-state index contributed by atoms with van der Waals surface area (Å²) in [4.78, 5) is 0.346. The lowest BCUT2D eigenvalue weighted by Gasteiger charge is -2.01. The van der Waals surface area contributed by atoms with E-state index in [-0.39, 0.29) is 12.0 Å². The highest BCUT2D eigenvalue weighted by Crippen LogP contribution is 2.36. The Morgan fingerprint density at radius 3 is 2.27 bits per heavy atom. The molecule has 1 aromatic carbocycles. The lowest BCUT2D eigenvalue weighted by molar-refractivity contribution is 0.348. The van der Waals surface area contributed by atoms with Crippen LogP contribution in [-0.4, -0.2) is 20.0 Å². The maximum Gasteiger partial charge on any atom is 0.207 e. The Kier molecular flexibility index (Phi) is 2.56. The number of hydrogen-bond donors (Lipinski definition) is 0. The van der Waals surface area contributed by atoms with E-state index in [1.165, 1.54) is 0 Å². The molecule has 0 aromatic heterocycles. The van der Waals surface area contributed by atoms with Gasteiger partial charge < -0.3 is 4.74 Å². The number of sulfone groups is 1. The summed E-state index contributed by atoms with van der Waals surface area (Å²) >= 11 is 0. The molecule has 1 fully saturated rings. The normalized spacial score (nSPS) is 25.5. The lowest BCUT2D eigenvalue weighted by Crippen LogP contribution is -2.13. The molecule has 0 N–H and O–H groups in total. The van der Waals surface area contributed by atoms with Crippen molar-refractivity contribution in [1.82, 2.24) is 0 Å². The van der Waals surface area contributed by atoms with E-state index in [4.69, 9.17) is 4.74 Å². The summed E-state index contributed by atoms with van der Waals surface area (Å²) in [5, 5.41) is 0. The van der Waals surface area contributed by atoms with Gasteiger partial charge in [0.15, 0.2) is 5.44 Å². The number of epoxide rings is 1. The predicted octanol–water partition coefficient (Wildman–Crippen LogP) is 1.84. The number of hydrogen-bond acceptors (Lipinski definition) is 3. The number of ether oxygens (including phenoxy) is 1. The third-order valence-electron chi connectivity index (χ3n) is 2.52. The van der Waals surface area contributed by atoms with E-state index in [0.29, 0.717) is 4.90 Å². The van der Waals surface area contributed by atoms with E-state index in [1.54, 1.807) is 30.3 Å². The van der Waals surface area contributed by atoms with Gasteiger partial charge in [0.2, 0.25) is 9.84 Å². The van der Waals surface area contributed by atoms with E-state index in [1.807, 2.05) is 13.8 Å². The van der Waals surface area contributed by atoms with E-state index < -0.39 is 15.3 Å². The molecular weight excluding hydrogens is 212 g/mol. The van der Waals surface area contributed by atoms with E-state index in [9.17, 15) is 8.42 Å². The van der Waals surface area contributed by atoms with Gasteiger partial charge in [0.25, 0.3) is 0 Å². The average Bonchev–Trinajstić information content (AvgIpc) is 2.99. The number of benzene rings is 1. The second kappa shape index (κ2) is 3.61. The molecule has 0 saturated carbocycles. The molecule has 0 radical (unpaired) electrons. The van der Waals surface area contributed by atoms with Crippen LogP contribution in [-0.2, 0) is 14.6 Å². The van der Waals surface area contributed by atoms with Crippen molar-refractivity contribution in [3.8, 4) is 0 Å². The molecule has 1 heterocycles. The van der Waals surface area contributed by atoms with Crippen LogP contribution in [0.25, 0.3) is 0 Å². The fourth-order valence-electron chi connectivity index (χ4n) is 1.57. The van der Waals surface area contributed by atoms with Crippen molar-refractivity contribution in [1.29, 1.82) is 0 Å². The highest BCUT2D eigenvalue weighted by atomic mass is 32.2. The zero-order valence-corrected chi connectivity index (χ0v) is 9.57. The average molecular weight is 226 g/mol. The van der Waals surface area contributed by atoms with Crippen molar-refractivity contribution < 1.29 is 13.2 Å². The Labute approximate surface area is 90.0 Å². The maximum absolute atomic E-state index is 12.0. The quantitative estimate of drug-likeness (QED) is 0.739. The molecule has 0 spiro atoms. The highest BCUT2D eigenvalue weighted by Gasteiger charge is 2.51. The molecule has 0 unspecified atom stereocenters. The van der Waals surface area contributed by atoms with Crippen LogP contribution < -0.4 is 0 Å². The SMILES string of the molecule is CC(C)[C@@H]1O[C@H]1S(=O)(=O)c1ccccc1. The van der Waals surface area contributed by atoms with Crippen LogP contribution in [0.2, 0.25) is 0 Å². The first-order valence-electron chi connectivity index (χ1n) is 4.98. The Bertz CT molecular complexity index is 436. The molecule has 4 heteroatoms. The van der Waals surface area contributed by atoms with Crippen LogP contribution in [0.15, 0.2) is 35.2 Å². The minimum absolute atomic E-state index is 0.143. The fourth-order valence-corrected chi connectivity index (χ4v) is 3.32. The summed E-state index contributed by atoms with van der Waals surface area (Å²) < 4.78 is 29.2. The largest absolute Gasteiger partial charge is 0.352 e. The molecule has 0 bridgehead atoms. The molecular formula is C11H14O3S. The van der Waals surface area contributed by atoms with Gasteiger partial charge in [0, 0.05) is 0 Å². The van der Waals surface area contributed by atoms with E-state index in [2.05, 4.69) is 0 Å². The molecule has 15 heavy (non-hydrogen) atoms. The first kappa shape index (κ1) is 10.6. The van der Waals surface area contributed by atoms with E-state index in [0.717, 1.165) is 0 Å². The molecule has 0 aliphatic carbocycles. The zero-order valence-electron chi connectivity index (χ0n) is 8.75. The zero-order chi connectivity index (χ0) is 11.1. The van der Waals surface area contributed by atoms with Crippen molar-refractivity contribution in [2.75, 3.05) is 0 Å². The van der Waals surface area contributed by atoms with Crippen LogP contribution in [0.4, 0.5) is 0 Å². The van der Waals surface area contributed by atoms with Crippen molar-refractivity contribution in [2.24, 2.45) is 5.92 Å². The van der Waals surface area contributed by atoms with Crippen molar-refractivity contribution >= 4 is 9.84 Å². The van der Waals surface area contributed by atoms with Crippen LogP contribution >= 0.6 is 0 Å². The standard InChI is InChI=1S/C11H14O3S/c1-8(2)10-11(14-10)15(12,13)9-6-4-3-5-7-9/h3-8,10-11H,1-2H3/t10-,11-/m0/s1. The summed E-state index contributed by atoms with van der Waals surface area (Å²) in [6, 6.07) is 8.45. The van der Waals surface area contributed by atoms with Crippen molar-refractivity contribution in [3.63, 3.8) is 0 Å². The van der Waals surface area contributed by atoms with Crippen molar-refractivity contribution in [3.05, 3.63) is 30.3 Å². The molecule has 1 aliphatic rings. The first-order chi connectivity index (χ1) is 7.03.